The van der Waals surface area contributed by atoms with Crippen LogP contribution in [-0.4, -0.2) is 63.6 Å². The molecular formula is C12H24N2O4S2. The average Bonchev–Trinajstić information content (AvgIpc) is 3.11. The van der Waals surface area contributed by atoms with E-state index in [1.54, 1.807) is 7.05 Å². The summed E-state index contributed by atoms with van der Waals surface area (Å²) < 4.78 is 51.0. The second-order valence-electron chi connectivity index (χ2n) is 6.08. The molecule has 2 fully saturated rings. The van der Waals surface area contributed by atoms with Crippen molar-refractivity contribution in [3.05, 3.63) is 0 Å². The fourth-order valence-corrected chi connectivity index (χ4v) is 5.54. The van der Waals surface area contributed by atoms with Crippen LogP contribution in [0.15, 0.2) is 0 Å². The third kappa shape index (κ3) is 4.16. The topological polar surface area (TPSA) is 74.8 Å². The fourth-order valence-electron chi connectivity index (χ4n) is 2.73. The van der Waals surface area contributed by atoms with E-state index < -0.39 is 26.1 Å². The van der Waals surface area contributed by atoms with Crippen molar-refractivity contribution in [1.29, 1.82) is 0 Å². The number of sulfone groups is 1. The molecule has 0 N–H and O–H groups in total. The van der Waals surface area contributed by atoms with Crippen LogP contribution in [-0.2, 0) is 20.0 Å². The van der Waals surface area contributed by atoms with Gasteiger partial charge in [-0.25, -0.2) is 8.42 Å². The highest BCUT2D eigenvalue weighted by Crippen LogP contribution is 2.31. The van der Waals surface area contributed by atoms with Gasteiger partial charge in [0, 0.05) is 32.4 Å². The summed E-state index contributed by atoms with van der Waals surface area (Å²) >= 11 is 0. The van der Waals surface area contributed by atoms with Crippen LogP contribution in [0.4, 0.5) is 0 Å². The summed E-state index contributed by atoms with van der Waals surface area (Å²) in [6.07, 6.45) is 5.67. The van der Waals surface area contributed by atoms with E-state index in [0.717, 1.165) is 25.7 Å². The minimum atomic E-state index is -3.54. The van der Waals surface area contributed by atoms with Gasteiger partial charge in [-0.05, 0) is 31.6 Å². The molecular weight excluding hydrogens is 300 g/mol. The zero-order chi connectivity index (χ0) is 15.0. The van der Waals surface area contributed by atoms with Gasteiger partial charge in [-0.1, -0.05) is 6.42 Å². The predicted octanol–water partition coefficient (Wildman–Crippen LogP) is 0.472. The van der Waals surface area contributed by atoms with Gasteiger partial charge in [-0.3, -0.25) is 0 Å². The normalized spacial score (nSPS) is 26.1. The van der Waals surface area contributed by atoms with E-state index in [9.17, 15) is 16.8 Å². The summed E-state index contributed by atoms with van der Waals surface area (Å²) in [4.78, 5) is 0. The quantitative estimate of drug-likeness (QED) is 0.712. The Kier molecular flexibility index (Phi) is 4.78. The Hall–Kier alpha value is -0.180. The maximum atomic E-state index is 12.6. The maximum absolute atomic E-state index is 12.6. The van der Waals surface area contributed by atoms with E-state index in [2.05, 4.69) is 0 Å². The molecule has 1 atom stereocenters. The Balaban J connectivity index is 2.12. The molecule has 2 rings (SSSR count). The number of nitrogens with zero attached hydrogens (tertiary/aromatic N) is 2. The van der Waals surface area contributed by atoms with E-state index in [1.807, 2.05) is 0 Å². The maximum Gasteiger partial charge on any atom is 0.282 e. The van der Waals surface area contributed by atoms with Crippen LogP contribution >= 0.6 is 0 Å². The van der Waals surface area contributed by atoms with Crippen molar-refractivity contribution >= 4 is 20.0 Å². The van der Waals surface area contributed by atoms with Gasteiger partial charge in [0.2, 0.25) is 0 Å². The fraction of sp³-hybridized carbons (Fsp3) is 1.00. The highest BCUT2D eigenvalue weighted by molar-refractivity contribution is 7.90. The summed E-state index contributed by atoms with van der Waals surface area (Å²) in [6, 6.07) is -0.412. The molecule has 0 bridgehead atoms. The summed E-state index contributed by atoms with van der Waals surface area (Å²) in [7, 11) is -5.12. The standard InChI is InChI=1S/C12H24N2O4S2/c1-13(9-11-6-7-11)20(17,18)14-8-4-3-5-12(14)10-19(2,15)16/h11-12H,3-10H2,1-2H3. The summed E-state index contributed by atoms with van der Waals surface area (Å²) in [6.45, 7) is 0.974. The summed E-state index contributed by atoms with van der Waals surface area (Å²) in [5, 5.41) is 0. The molecule has 1 saturated carbocycles. The average molecular weight is 324 g/mol. The van der Waals surface area contributed by atoms with Crippen LogP contribution in [0.1, 0.15) is 32.1 Å². The number of hydrogen-bond acceptors (Lipinski definition) is 4. The lowest BCUT2D eigenvalue weighted by Crippen LogP contribution is -2.52. The second-order valence-corrected chi connectivity index (χ2v) is 10.3. The molecule has 8 heteroatoms. The van der Waals surface area contributed by atoms with Gasteiger partial charge in [0.15, 0.2) is 0 Å². The van der Waals surface area contributed by atoms with Crippen LogP contribution in [0.5, 0.6) is 0 Å². The minimum Gasteiger partial charge on any atom is -0.229 e. The van der Waals surface area contributed by atoms with Crippen molar-refractivity contribution in [2.45, 2.75) is 38.1 Å². The Bertz CT molecular complexity index is 540. The van der Waals surface area contributed by atoms with E-state index in [-0.39, 0.29) is 5.75 Å². The van der Waals surface area contributed by atoms with Gasteiger partial charge >= 0.3 is 0 Å². The predicted molar refractivity (Wildman–Crippen MR) is 78.3 cm³/mol. The SMILES string of the molecule is CN(CC1CC1)S(=O)(=O)N1CCCCC1CS(C)(=O)=O. The minimum absolute atomic E-state index is 0.0799. The molecule has 1 aliphatic heterocycles. The van der Waals surface area contributed by atoms with Crippen molar-refractivity contribution in [1.82, 2.24) is 8.61 Å². The van der Waals surface area contributed by atoms with Crippen LogP contribution in [0.2, 0.25) is 0 Å². The molecule has 0 amide bonds. The van der Waals surface area contributed by atoms with Gasteiger partial charge in [-0.2, -0.15) is 17.0 Å². The molecule has 1 unspecified atom stereocenters. The van der Waals surface area contributed by atoms with Gasteiger partial charge in [0.05, 0.1) is 5.75 Å². The summed E-state index contributed by atoms with van der Waals surface area (Å²) in [5.74, 6) is 0.400. The van der Waals surface area contributed by atoms with Gasteiger partial charge in [-0.15, -0.1) is 0 Å². The zero-order valence-corrected chi connectivity index (χ0v) is 13.8. The molecule has 0 aromatic rings. The lowest BCUT2D eigenvalue weighted by atomic mass is 10.1. The molecule has 2 aliphatic rings. The van der Waals surface area contributed by atoms with Gasteiger partial charge in [0.1, 0.15) is 9.84 Å². The molecule has 118 valence electrons. The van der Waals surface area contributed by atoms with Crippen molar-refractivity contribution in [2.24, 2.45) is 5.92 Å². The number of rotatable bonds is 6. The molecule has 1 saturated heterocycles. The summed E-state index contributed by atoms with van der Waals surface area (Å²) in [5.41, 5.74) is 0. The first-order valence-electron chi connectivity index (χ1n) is 7.11. The Morgan fingerprint density at radius 3 is 2.30 bits per heavy atom. The van der Waals surface area contributed by atoms with E-state index in [1.165, 1.54) is 14.9 Å². The lowest BCUT2D eigenvalue weighted by molar-refractivity contribution is 0.250. The third-order valence-corrected chi connectivity index (χ3v) is 6.97. The smallest absolute Gasteiger partial charge is 0.229 e. The van der Waals surface area contributed by atoms with Gasteiger partial charge < -0.3 is 0 Å². The Labute approximate surface area is 122 Å². The van der Waals surface area contributed by atoms with Gasteiger partial charge in [0.25, 0.3) is 10.2 Å². The van der Waals surface area contributed by atoms with Crippen LogP contribution in [0.3, 0.4) is 0 Å². The first-order chi connectivity index (χ1) is 9.20. The van der Waals surface area contributed by atoms with Crippen molar-refractivity contribution < 1.29 is 16.8 Å². The third-order valence-electron chi connectivity index (χ3n) is 3.97. The molecule has 6 nitrogen and oxygen atoms in total. The van der Waals surface area contributed by atoms with Crippen LogP contribution in [0, 0.1) is 5.92 Å². The van der Waals surface area contributed by atoms with Crippen LogP contribution in [0.25, 0.3) is 0 Å². The van der Waals surface area contributed by atoms with Crippen molar-refractivity contribution in [3.63, 3.8) is 0 Å². The molecule has 0 spiro atoms. The first kappa shape index (κ1) is 16.2. The lowest BCUT2D eigenvalue weighted by Gasteiger charge is -2.36. The molecule has 0 radical (unpaired) electrons. The highest BCUT2D eigenvalue weighted by atomic mass is 32.2. The van der Waals surface area contributed by atoms with E-state index in [4.69, 9.17) is 0 Å². The molecule has 0 aromatic carbocycles. The molecule has 20 heavy (non-hydrogen) atoms. The van der Waals surface area contributed by atoms with E-state index >= 15 is 0 Å². The molecule has 0 aromatic heterocycles. The zero-order valence-electron chi connectivity index (χ0n) is 12.2. The second kappa shape index (κ2) is 5.90. The monoisotopic (exact) mass is 324 g/mol. The Morgan fingerprint density at radius 2 is 1.75 bits per heavy atom. The molecule has 1 heterocycles. The highest BCUT2D eigenvalue weighted by Gasteiger charge is 2.38. The van der Waals surface area contributed by atoms with Crippen molar-refractivity contribution in [3.8, 4) is 0 Å². The number of hydrogen-bond donors (Lipinski definition) is 0. The first-order valence-corrected chi connectivity index (χ1v) is 10.6. The molecule has 1 aliphatic carbocycles. The Morgan fingerprint density at radius 1 is 1.10 bits per heavy atom. The van der Waals surface area contributed by atoms with Crippen molar-refractivity contribution in [2.75, 3.05) is 32.1 Å². The van der Waals surface area contributed by atoms with E-state index in [0.29, 0.717) is 25.4 Å². The van der Waals surface area contributed by atoms with Crippen LogP contribution < -0.4 is 0 Å². The number of piperidine rings is 1. The largest absolute Gasteiger partial charge is 0.282 e.